The van der Waals surface area contributed by atoms with Gasteiger partial charge in [0.1, 0.15) is 5.82 Å². The van der Waals surface area contributed by atoms with E-state index in [0.717, 1.165) is 48.1 Å². The molecule has 0 aliphatic carbocycles. The number of nitrogens with one attached hydrogen (secondary N) is 1. The molecule has 1 fully saturated rings. The van der Waals surface area contributed by atoms with E-state index in [1.807, 2.05) is 12.1 Å². The van der Waals surface area contributed by atoms with Crippen LogP contribution in [0.2, 0.25) is 5.02 Å². The van der Waals surface area contributed by atoms with Gasteiger partial charge in [0.05, 0.1) is 29.9 Å². The molecule has 1 aliphatic rings. The minimum absolute atomic E-state index is 0.283. The van der Waals surface area contributed by atoms with Crippen LogP contribution in [0, 0.1) is 11.3 Å². The Kier molecular flexibility index (Phi) is 6.26. The van der Waals surface area contributed by atoms with Gasteiger partial charge < -0.3 is 14.8 Å². The molecule has 1 aliphatic heterocycles. The number of nitriles is 1. The second-order valence-corrected chi connectivity index (χ2v) is 7.56. The monoisotopic (exact) mass is 407 g/mol. The molecule has 5 nitrogen and oxygen atoms in total. The number of hydrogen-bond donors (Lipinski definition) is 1. The Morgan fingerprint density at radius 3 is 2.79 bits per heavy atom. The van der Waals surface area contributed by atoms with Gasteiger partial charge in [-0.3, -0.25) is 0 Å². The molecule has 6 heteroatoms. The molecule has 4 rings (SSSR count). The molecule has 0 amide bonds. The lowest BCUT2D eigenvalue weighted by Crippen LogP contribution is -2.23. The van der Waals surface area contributed by atoms with Crippen molar-refractivity contribution in [3.05, 3.63) is 70.2 Å². The highest BCUT2D eigenvalue weighted by Gasteiger charge is 2.14. The lowest BCUT2D eigenvalue weighted by atomic mass is 10.1. The van der Waals surface area contributed by atoms with Gasteiger partial charge in [0.2, 0.25) is 0 Å². The van der Waals surface area contributed by atoms with Crippen LogP contribution in [0.3, 0.4) is 0 Å². The number of pyridine rings is 1. The average molecular weight is 408 g/mol. The summed E-state index contributed by atoms with van der Waals surface area (Å²) in [7, 11) is 0. The van der Waals surface area contributed by atoms with Gasteiger partial charge in [-0.05, 0) is 48.2 Å². The molecule has 1 saturated heterocycles. The van der Waals surface area contributed by atoms with Crippen LogP contribution in [0.15, 0.2) is 48.5 Å². The molecule has 2 heterocycles. The molecule has 29 heavy (non-hydrogen) atoms. The SMILES string of the molecule is N#Cc1cc(NCc2cccc(COC3CCOCC3)c2)nc2ccc(Cl)cc12. The van der Waals surface area contributed by atoms with Gasteiger partial charge in [-0.1, -0.05) is 35.9 Å². The van der Waals surface area contributed by atoms with E-state index in [9.17, 15) is 5.26 Å². The number of halogens is 1. The van der Waals surface area contributed by atoms with Crippen molar-refractivity contribution in [3.8, 4) is 6.07 Å². The molecule has 1 aromatic heterocycles. The van der Waals surface area contributed by atoms with Gasteiger partial charge in [-0.15, -0.1) is 0 Å². The van der Waals surface area contributed by atoms with E-state index in [4.69, 9.17) is 21.1 Å². The van der Waals surface area contributed by atoms with E-state index < -0.39 is 0 Å². The van der Waals surface area contributed by atoms with Gasteiger partial charge in [-0.25, -0.2) is 4.98 Å². The van der Waals surface area contributed by atoms with Crippen LogP contribution in [-0.4, -0.2) is 24.3 Å². The zero-order valence-electron chi connectivity index (χ0n) is 16.0. The second-order valence-electron chi connectivity index (χ2n) is 7.12. The smallest absolute Gasteiger partial charge is 0.128 e. The molecule has 3 aromatic rings. The fraction of sp³-hybridized carbons (Fsp3) is 0.304. The molecule has 0 radical (unpaired) electrons. The first-order valence-electron chi connectivity index (χ1n) is 9.73. The summed E-state index contributed by atoms with van der Waals surface area (Å²) in [5.41, 5.74) is 3.58. The number of benzene rings is 2. The number of anilines is 1. The molecule has 0 spiro atoms. The summed E-state index contributed by atoms with van der Waals surface area (Å²) in [6.07, 6.45) is 2.20. The minimum atomic E-state index is 0.283. The van der Waals surface area contributed by atoms with E-state index in [0.29, 0.717) is 29.6 Å². The largest absolute Gasteiger partial charge is 0.381 e. The molecular weight excluding hydrogens is 386 g/mol. The summed E-state index contributed by atoms with van der Waals surface area (Å²) < 4.78 is 11.4. The summed E-state index contributed by atoms with van der Waals surface area (Å²) in [6, 6.07) is 17.7. The first kappa shape index (κ1) is 19.7. The fourth-order valence-electron chi connectivity index (χ4n) is 3.46. The number of aromatic nitrogens is 1. The summed E-state index contributed by atoms with van der Waals surface area (Å²) in [6.45, 7) is 2.78. The zero-order chi connectivity index (χ0) is 20.1. The molecule has 0 saturated carbocycles. The summed E-state index contributed by atoms with van der Waals surface area (Å²) in [5.74, 6) is 0.667. The zero-order valence-corrected chi connectivity index (χ0v) is 16.8. The first-order valence-corrected chi connectivity index (χ1v) is 10.1. The molecule has 148 valence electrons. The highest BCUT2D eigenvalue weighted by molar-refractivity contribution is 6.31. The van der Waals surface area contributed by atoms with Crippen LogP contribution in [-0.2, 0) is 22.6 Å². The Hall–Kier alpha value is -2.65. The van der Waals surface area contributed by atoms with Crippen molar-refractivity contribution >= 4 is 28.3 Å². The second kappa shape index (κ2) is 9.23. The number of ether oxygens (including phenoxy) is 2. The van der Waals surface area contributed by atoms with E-state index in [2.05, 4.69) is 34.6 Å². The van der Waals surface area contributed by atoms with Crippen molar-refractivity contribution in [2.24, 2.45) is 0 Å². The van der Waals surface area contributed by atoms with E-state index in [-0.39, 0.29) is 6.10 Å². The van der Waals surface area contributed by atoms with Crippen LogP contribution in [0.25, 0.3) is 10.9 Å². The Bertz CT molecular complexity index is 1040. The van der Waals surface area contributed by atoms with Crippen LogP contribution < -0.4 is 5.32 Å². The predicted octanol–water partition coefficient (Wildman–Crippen LogP) is 5.07. The average Bonchev–Trinajstić information content (AvgIpc) is 2.77. The Morgan fingerprint density at radius 1 is 1.14 bits per heavy atom. The van der Waals surface area contributed by atoms with Crippen LogP contribution in [0.1, 0.15) is 29.5 Å². The molecule has 0 bridgehead atoms. The van der Waals surface area contributed by atoms with Gasteiger partial charge in [0.15, 0.2) is 0 Å². The summed E-state index contributed by atoms with van der Waals surface area (Å²) >= 11 is 6.05. The van der Waals surface area contributed by atoms with Crippen molar-refractivity contribution in [1.29, 1.82) is 5.26 Å². The standard InChI is InChI=1S/C23H22ClN3O2/c24-19-4-5-22-21(12-19)18(13-25)11-23(27-22)26-14-16-2-1-3-17(10-16)15-29-20-6-8-28-9-7-20/h1-5,10-12,20H,6-9,14-15H2,(H,26,27). The molecular formula is C23H22ClN3O2. The fourth-order valence-corrected chi connectivity index (χ4v) is 3.63. The summed E-state index contributed by atoms with van der Waals surface area (Å²) in [4.78, 5) is 4.60. The highest BCUT2D eigenvalue weighted by atomic mass is 35.5. The molecule has 1 N–H and O–H groups in total. The van der Waals surface area contributed by atoms with Crippen molar-refractivity contribution in [2.75, 3.05) is 18.5 Å². The van der Waals surface area contributed by atoms with Crippen molar-refractivity contribution in [2.45, 2.75) is 32.1 Å². The third-order valence-electron chi connectivity index (χ3n) is 5.01. The third-order valence-corrected chi connectivity index (χ3v) is 5.25. The first-order chi connectivity index (χ1) is 14.2. The number of hydrogen-bond acceptors (Lipinski definition) is 5. The number of nitrogens with zero attached hydrogens (tertiary/aromatic N) is 2. The van der Waals surface area contributed by atoms with Crippen molar-refractivity contribution < 1.29 is 9.47 Å². The number of fused-ring (bicyclic) bond motifs is 1. The quantitative estimate of drug-likeness (QED) is 0.618. The molecule has 0 unspecified atom stereocenters. The number of rotatable bonds is 6. The predicted molar refractivity (Wildman–Crippen MR) is 114 cm³/mol. The minimum Gasteiger partial charge on any atom is -0.381 e. The van der Waals surface area contributed by atoms with Crippen LogP contribution in [0.5, 0.6) is 0 Å². The van der Waals surface area contributed by atoms with Crippen molar-refractivity contribution in [1.82, 2.24) is 4.98 Å². The normalized spacial score (nSPS) is 14.6. The lowest BCUT2D eigenvalue weighted by molar-refractivity contribution is -0.0390. The van der Waals surface area contributed by atoms with Gasteiger partial charge in [0, 0.05) is 30.2 Å². The third kappa shape index (κ3) is 5.04. The Labute approximate surface area is 175 Å². The highest BCUT2D eigenvalue weighted by Crippen LogP contribution is 2.24. The maximum absolute atomic E-state index is 9.47. The van der Waals surface area contributed by atoms with Gasteiger partial charge >= 0.3 is 0 Å². The Balaban J connectivity index is 1.42. The van der Waals surface area contributed by atoms with E-state index in [1.54, 1.807) is 18.2 Å². The maximum Gasteiger partial charge on any atom is 0.128 e. The van der Waals surface area contributed by atoms with Gasteiger partial charge in [0.25, 0.3) is 0 Å². The lowest BCUT2D eigenvalue weighted by Gasteiger charge is -2.22. The molecule has 0 atom stereocenters. The Morgan fingerprint density at radius 2 is 1.97 bits per heavy atom. The van der Waals surface area contributed by atoms with E-state index in [1.165, 1.54) is 0 Å². The van der Waals surface area contributed by atoms with E-state index >= 15 is 0 Å². The summed E-state index contributed by atoms with van der Waals surface area (Å²) in [5, 5.41) is 14.1. The van der Waals surface area contributed by atoms with Crippen LogP contribution in [0.4, 0.5) is 5.82 Å². The molecule has 2 aromatic carbocycles. The van der Waals surface area contributed by atoms with Gasteiger partial charge in [-0.2, -0.15) is 5.26 Å². The topological polar surface area (TPSA) is 67.2 Å². The van der Waals surface area contributed by atoms with Crippen molar-refractivity contribution in [3.63, 3.8) is 0 Å². The van der Waals surface area contributed by atoms with Crippen LogP contribution >= 0.6 is 11.6 Å². The maximum atomic E-state index is 9.47.